The van der Waals surface area contributed by atoms with Crippen molar-refractivity contribution in [1.29, 1.82) is 0 Å². The first kappa shape index (κ1) is 24.1. The third kappa shape index (κ3) is 5.19. The zero-order valence-corrected chi connectivity index (χ0v) is 20.9. The number of aryl methyl sites for hydroxylation is 1. The third-order valence-electron chi connectivity index (χ3n) is 6.03. The highest BCUT2D eigenvalue weighted by Gasteiger charge is 2.34. The van der Waals surface area contributed by atoms with Crippen molar-refractivity contribution in [2.24, 2.45) is 4.99 Å². The average molecular weight is 509 g/mol. The SMILES string of the molecule is Cc1ccccc1C(=O)CN1C(=O)[C@H](NC(=O)Nc2cccs2)N=C(c2ccccc2)c2ccccc21. The fraction of sp³-hybridized carbons (Fsp3) is 0.103. The van der Waals surface area contributed by atoms with Crippen LogP contribution in [0.15, 0.2) is 101 Å². The lowest BCUT2D eigenvalue weighted by atomic mass is 9.99. The Morgan fingerprint density at radius 3 is 2.41 bits per heavy atom. The molecule has 0 fully saturated rings. The van der Waals surface area contributed by atoms with Gasteiger partial charge in [0.05, 0.1) is 22.9 Å². The van der Waals surface area contributed by atoms with Crippen molar-refractivity contribution < 1.29 is 14.4 Å². The van der Waals surface area contributed by atoms with Gasteiger partial charge < -0.3 is 10.2 Å². The van der Waals surface area contributed by atoms with Gasteiger partial charge in [0.15, 0.2) is 5.78 Å². The van der Waals surface area contributed by atoms with Gasteiger partial charge in [0.1, 0.15) is 0 Å². The molecule has 5 rings (SSSR count). The van der Waals surface area contributed by atoms with Gasteiger partial charge in [-0.2, -0.15) is 0 Å². The molecule has 3 aromatic carbocycles. The Bertz CT molecular complexity index is 1480. The number of aliphatic imine (C=N–C) groups is 1. The van der Waals surface area contributed by atoms with Crippen LogP contribution in [0.3, 0.4) is 0 Å². The Hall–Kier alpha value is -4.56. The first-order chi connectivity index (χ1) is 18.0. The van der Waals surface area contributed by atoms with Gasteiger partial charge in [-0.3, -0.25) is 14.9 Å². The number of urea groups is 1. The molecule has 2 N–H and O–H groups in total. The van der Waals surface area contributed by atoms with Crippen molar-refractivity contribution in [2.45, 2.75) is 13.1 Å². The van der Waals surface area contributed by atoms with Gasteiger partial charge >= 0.3 is 6.03 Å². The molecule has 3 amide bonds. The maximum Gasteiger partial charge on any atom is 0.321 e. The summed E-state index contributed by atoms with van der Waals surface area (Å²) < 4.78 is 0. The molecule has 1 atom stereocenters. The number of hydrogen-bond acceptors (Lipinski definition) is 5. The summed E-state index contributed by atoms with van der Waals surface area (Å²) in [5, 5.41) is 7.92. The van der Waals surface area contributed by atoms with Gasteiger partial charge in [0, 0.05) is 16.7 Å². The van der Waals surface area contributed by atoms with Crippen LogP contribution in [0.1, 0.15) is 27.0 Å². The van der Waals surface area contributed by atoms with Crippen LogP contribution in [-0.4, -0.2) is 36.1 Å². The molecule has 0 unspecified atom stereocenters. The van der Waals surface area contributed by atoms with Crippen molar-refractivity contribution in [3.05, 3.63) is 119 Å². The normalized spacial score (nSPS) is 14.8. The van der Waals surface area contributed by atoms with Crippen LogP contribution >= 0.6 is 11.3 Å². The first-order valence-corrected chi connectivity index (χ1v) is 12.6. The van der Waals surface area contributed by atoms with Crippen LogP contribution in [0.2, 0.25) is 0 Å². The second kappa shape index (κ2) is 10.6. The van der Waals surface area contributed by atoms with Crippen LogP contribution < -0.4 is 15.5 Å². The van der Waals surface area contributed by atoms with Gasteiger partial charge in [-0.1, -0.05) is 72.8 Å². The maximum absolute atomic E-state index is 13.9. The predicted octanol–water partition coefficient (Wildman–Crippen LogP) is 5.27. The molecule has 0 radical (unpaired) electrons. The van der Waals surface area contributed by atoms with Gasteiger partial charge in [-0.25, -0.2) is 9.79 Å². The van der Waals surface area contributed by atoms with Crippen molar-refractivity contribution in [3.63, 3.8) is 0 Å². The number of nitrogens with one attached hydrogen (secondary N) is 2. The van der Waals surface area contributed by atoms with E-state index in [0.29, 0.717) is 27.5 Å². The van der Waals surface area contributed by atoms with Crippen molar-refractivity contribution >= 4 is 45.5 Å². The molecule has 0 saturated heterocycles. The molecular formula is C29H24N4O3S. The number of anilines is 2. The number of fused-ring (bicyclic) bond motifs is 1. The number of Topliss-reactive ketones (excluding diaryl/α,β-unsaturated/α-hetero) is 1. The average Bonchev–Trinajstić information content (AvgIpc) is 3.39. The quantitative estimate of drug-likeness (QED) is 0.348. The van der Waals surface area contributed by atoms with E-state index in [1.807, 2.05) is 79.0 Å². The molecule has 1 aromatic heterocycles. The van der Waals surface area contributed by atoms with Gasteiger partial charge in [0.25, 0.3) is 5.91 Å². The number of hydrogen-bond donors (Lipinski definition) is 2. The van der Waals surface area contributed by atoms with Crippen molar-refractivity contribution in [1.82, 2.24) is 5.32 Å². The number of ketones is 1. The molecule has 7 nitrogen and oxygen atoms in total. The van der Waals surface area contributed by atoms with E-state index in [1.54, 1.807) is 24.3 Å². The fourth-order valence-electron chi connectivity index (χ4n) is 4.25. The molecule has 0 bridgehead atoms. The van der Waals surface area contributed by atoms with E-state index in [-0.39, 0.29) is 12.3 Å². The zero-order valence-electron chi connectivity index (χ0n) is 20.0. The second-order valence-electron chi connectivity index (χ2n) is 8.50. The Morgan fingerprint density at radius 2 is 1.65 bits per heavy atom. The lowest BCUT2D eigenvalue weighted by Crippen LogP contribution is -2.49. The number of thiophene rings is 1. The number of carbonyl (C=O) groups is 3. The van der Waals surface area contributed by atoms with E-state index >= 15 is 0 Å². The molecule has 4 aromatic rings. The minimum Gasteiger partial charge on any atom is -0.308 e. The van der Waals surface area contributed by atoms with Gasteiger partial charge in [-0.15, -0.1) is 11.3 Å². The first-order valence-electron chi connectivity index (χ1n) is 11.7. The number of nitrogens with zero attached hydrogens (tertiary/aromatic N) is 2. The molecule has 0 aliphatic carbocycles. The van der Waals surface area contributed by atoms with E-state index in [2.05, 4.69) is 10.6 Å². The highest BCUT2D eigenvalue weighted by Crippen LogP contribution is 2.29. The van der Waals surface area contributed by atoms with Crippen LogP contribution in [-0.2, 0) is 4.79 Å². The number of benzene rings is 3. The standard InChI is InChI=1S/C29H24N4O3S/c1-19-10-5-6-13-21(19)24(34)18-33-23-15-8-7-14-22(23)26(20-11-3-2-4-12-20)31-27(28(33)35)32-29(36)30-25-16-9-17-37-25/h2-17,27H,18H2,1H3,(H2,30,32,36)/t27-/m0/s1. The topological polar surface area (TPSA) is 90.9 Å². The Morgan fingerprint density at radius 1 is 0.919 bits per heavy atom. The minimum absolute atomic E-state index is 0.191. The summed E-state index contributed by atoms with van der Waals surface area (Å²) >= 11 is 1.37. The number of benzodiazepines with no additional fused rings is 1. The highest BCUT2D eigenvalue weighted by atomic mass is 32.1. The predicted molar refractivity (Wildman–Crippen MR) is 147 cm³/mol. The molecular weight excluding hydrogens is 484 g/mol. The number of para-hydroxylation sites is 1. The molecule has 8 heteroatoms. The van der Waals surface area contributed by atoms with Gasteiger partial charge in [-0.05, 0) is 36.1 Å². The summed E-state index contributed by atoms with van der Waals surface area (Å²) in [5.74, 6) is -0.701. The molecule has 2 heterocycles. The monoisotopic (exact) mass is 508 g/mol. The van der Waals surface area contributed by atoms with E-state index in [1.165, 1.54) is 16.2 Å². The van der Waals surface area contributed by atoms with E-state index < -0.39 is 18.1 Å². The van der Waals surface area contributed by atoms with Gasteiger partial charge in [0.2, 0.25) is 6.17 Å². The Kier molecular flexibility index (Phi) is 6.91. The molecule has 184 valence electrons. The summed E-state index contributed by atoms with van der Waals surface area (Å²) in [6, 6.07) is 27.1. The number of carbonyl (C=O) groups excluding carboxylic acids is 3. The van der Waals surface area contributed by atoms with Crippen LogP contribution in [0.4, 0.5) is 15.5 Å². The zero-order chi connectivity index (χ0) is 25.8. The minimum atomic E-state index is -1.24. The second-order valence-corrected chi connectivity index (χ2v) is 9.45. The third-order valence-corrected chi connectivity index (χ3v) is 6.81. The molecule has 0 spiro atoms. The van der Waals surface area contributed by atoms with E-state index in [9.17, 15) is 14.4 Å². The van der Waals surface area contributed by atoms with E-state index in [4.69, 9.17) is 4.99 Å². The highest BCUT2D eigenvalue weighted by molar-refractivity contribution is 7.14. The Labute approximate surface area is 218 Å². The van der Waals surface area contributed by atoms with Crippen molar-refractivity contribution in [3.8, 4) is 0 Å². The van der Waals surface area contributed by atoms with Crippen molar-refractivity contribution in [2.75, 3.05) is 16.8 Å². The lowest BCUT2D eigenvalue weighted by molar-refractivity contribution is -0.120. The largest absolute Gasteiger partial charge is 0.321 e. The van der Waals surface area contributed by atoms with Crippen LogP contribution in [0.25, 0.3) is 0 Å². The van der Waals surface area contributed by atoms with Crippen LogP contribution in [0, 0.1) is 6.92 Å². The summed E-state index contributed by atoms with van der Waals surface area (Å²) in [7, 11) is 0. The molecule has 37 heavy (non-hydrogen) atoms. The Balaban J connectivity index is 1.56. The summed E-state index contributed by atoms with van der Waals surface area (Å²) in [6.45, 7) is 1.67. The molecule has 1 aliphatic rings. The van der Waals surface area contributed by atoms with Crippen LogP contribution in [0.5, 0.6) is 0 Å². The summed E-state index contributed by atoms with van der Waals surface area (Å²) in [5.41, 5.74) is 3.97. The summed E-state index contributed by atoms with van der Waals surface area (Å²) in [6.07, 6.45) is -1.24. The fourth-order valence-corrected chi connectivity index (χ4v) is 4.86. The number of rotatable bonds is 6. The maximum atomic E-state index is 13.9. The lowest BCUT2D eigenvalue weighted by Gasteiger charge is -2.25. The summed E-state index contributed by atoms with van der Waals surface area (Å²) in [4.78, 5) is 46.2. The van der Waals surface area contributed by atoms with E-state index in [0.717, 1.165) is 11.1 Å². The number of amides is 3. The molecule has 1 aliphatic heterocycles. The smallest absolute Gasteiger partial charge is 0.308 e. The molecule has 0 saturated carbocycles.